The monoisotopic (exact) mass is 246 g/mol. The second-order valence-electron chi connectivity index (χ2n) is 4.46. The highest BCUT2D eigenvalue weighted by atomic mass is 16.5. The molecule has 0 aromatic rings. The van der Waals surface area contributed by atoms with E-state index in [1.807, 2.05) is 6.92 Å². The summed E-state index contributed by atoms with van der Waals surface area (Å²) in [7, 11) is 1.63. The molecule has 0 radical (unpaired) electrons. The van der Waals surface area contributed by atoms with Crippen LogP contribution in [0, 0.1) is 5.92 Å². The Morgan fingerprint density at radius 2 is 2.12 bits per heavy atom. The van der Waals surface area contributed by atoms with E-state index in [9.17, 15) is 4.79 Å². The molecular weight excluding hydrogens is 220 g/mol. The van der Waals surface area contributed by atoms with E-state index in [1.165, 1.54) is 0 Å². The summed E-state index contributed by atoms with van der Waals surface area (Å²) in [6.45, 7) is 3.44. The summed E-state index contributed by atoms with van der Waals surface area (Å²) >= 11 is 0. The van der Waals surface area contributed by atoms with Crippen molar-refractivity contribution in [2.45, 2.75) is 38.6 Å². The average Bonchev–Trinajstić information content (AvgIpc) is 2.34. The number of nitrogens with two attached hydrogens (primary N) is 1. The third-order valence-electron chi connectivity index (χ3n) is 2.68. The SMILES string of the molecule is COCCCC(N)C(=O)NCCCC(C)CO. The average molecular weight is 246 g/mol. The Kier molecular flexibility index (Phi) is 10.1. The normalized spacial score (nSPS) is 14.4. The van der Waals surface area contributed by atoms with E-state index >= 15 is 0 Å². The molecule has 0 saturated carbocycles. The first-order valence-electron chi connectivity index (χ1n) is 6.24. The van der Waals surface area contributed by atoms with Gasteiger partial charge in [0.1, 0.15) is 0 Å². The largest absolute Gasteiger partial charge is 0.396 e. The molecule has 0 heterocycles. The molecule has 17 heavy (non-hydrogen) atoms. The predicted molar refractivity (Wildman–Crippen MR) is 67.6 cm³/mol. The first-order valence-corrected chi connectivity index (χ1v) is 6.24. The Bertz CT molecular complexity index is 200. The second kappa shape index (κ2) is 10.5. The number of carbonyl (C=O) groups excluding carboxylic acids is 1. The van der Waals surface area contributed by atoms with Gasteiger partial charge in [-0.25, -0.2) is 0 Å². The smallest absolute Gasteiger partial charge is 0.236 e. The number of hydrogen-bond donors (Lipinski definition) is 3. The van der Waals surface area contributed by atoms with E-state index < -0.39 is 6.04 Å². The predicted octanol–water partition coefficient (Wildman–Crippen LogP) is 0.265. The Labute approximate surface area is 104 Å². The van der Waals surface area contributed by atoms with Gasteiger partial charge in [-0.05, 0) is 31.6 Å². The number of hydrogen-bond acceptors (Lipinski definition) is 4. The van der Waals surface area contributed by atoms with Gasteiger partial charge in [-0.3, -0.25) is 4.79 Å². The van der Waals surface area contributed by atoms with Crippen molar-refractivity contribution >= 4 is 5.91 Å². The molecular formula is C12H26N2O3. The molecule has 5 nitrogen and oxygen atoms in total. The molecule has 0 spiro atoms. The number of methoxy groups -OCH3 is 1. The molecule has 0 aromatic heterocycles. The molecule has 0 saturated heterocycles. The van der Waals surface area contributed by atoms with Crippen LogP contribution in [-0.2, 0) is 9.53 Å². The highest BCUT2D eigenvalue weighted by molar-refractivity contribution is 5.81. The third kappa shape index (κ3) is 9.09. The zero-order valence-corrected chi connectivity index (χ0v) is 10.9. The molecule has 102 valence electrons. The maximum atomic E-state index is 11.5. The number of carbonyl (C=O) groups is 1. The van der Waals surface area contributed by atoms with Crippen molar-refractivity contribution in [1.82, 2.24) is 5.32 Å². The van der Waals surface area contributed by atoms with Crippen LogP contribution in [-0.4, -0.2) is 43.9 Å². The minimum atomic E-state index is -0.444. The molecule has 0 rings (SSSR count). The van der Waals surface area contributed by atoms with Crippen LogP contribution in [0.3, 0.4) is 0 Å². The summed E-state index contributed by atoms with van der Waals surface area (Å²) in [5.41, 5.74) is 5.72. The highest BCUT2D eigenvalue weighted by Crippen LogP contribution is 2.02. The van der Waals surface area contributed by atoms with Gasteiger partial charge in [-0.1, -0.05) is 6.92 Å². The van der Waals surface area contributed by atoms with E-state index in [0.717, 1.165) is 19.3 Å². The summed E-state index contributed by atoms with van der Waals surface area (Å²) in [6.07, 6.45) is 3.23. The molecule has 0 aliphatic rings. The van der Waals surface area contributed by atoms with E-state index in [0.29, 0.717) is 25.5 Å². The van der Waals surface area contributed by atoms with Crippen LogP contribution in [0.5, 0.6) is 0 Å². The van der Waals surface area contributed by atoms with Crippen molar-refractivity contribution in [2.24, 2.45) is 11.7 Å². The van der Waals surface area contributed by atoms with Crippen molar-refractivity contribution < 1.29 is 14.6 Å². The Morgan fingerprint density at radius 1 is 1.41 bits per heavy atom. The van der Waals surface area contributed by atoms with Crippen LogP contribution in [0.15, 0.2) is 0 Å². The van der Waals surface area contributed by atoms with E-state index in [4.69, 9.17) is 15.6 Å². The summed E-state index contributed by atoms with van der Waals surface area (Å²) in [6, 6.07) is -0.444. The highest BCUT2D eigenvalue weighted by Gasteiger charge is 2.12. The quantitative estimate of drug-likeness (QED) is 0.483. The van der Waals surface area contributed by atoms with Crippen LogP contribution in [0.4, 0.5) is 0 Å². The standard InChI is InChI=1S/C12H26N2O3/c1-10(9-15)5-3-7-14-12(16)11(13)6-4-8-17-2/h10-11,15H,3-9,13H2,1-2H3,(H,14,16). The summed E-state index contributed by atoms with van der Waals surface area (Å²) < 4.78 is 4.90. The van der Waals surface area contributed by atoms with E-state index in [-0.39, 0.29) is 12.5 Å². The molecule has 0 aromatic carbocycles. The maximum absolute atomic E-state index is 11.5. The van der Waals surface area contributed by atoms with E-state index in [1.54, 1.807) is 7.11 Å². The van der Waals surface area contributed by atoms with Crippen LogP contribution in [0.2, 0.25) is 0 Å². The molecule has 2 unspecified atom stereocenters. The Morgan fingerprint density at radius 3 is 2.71 bits per heavy atom. The molecule has 4 N–H and O–H groups in total. The number of amides is 1. The number of rotatable bonds is 10. The van der Waals surface area contributed by atoms with Crippen molar-refractivity contribution in [3.05, 3.63) is 0 Å². The van der Waals surface area contributed by atoms with Gasteiger partial charge < -0.3 is 20.9 Å². The van der Waals surface area contributed by atoms with Crippen LogP contribution in [0.1, 0.15) is 32.6 Å². The summed E-state index contributed by atoms with van der Waals surface area (Å²) in [5.74, 6) is 0.194. The van der Waals surface area contributed by atoms with Crippen LogP contribution in [0.25, 0.3) is 0 Å². The molecule has 0 aliphatic carbocycles. The zero-order valence-electron chi connectivity index (χ0n) is 10.9. The van der Waals surface area contributed by atoms with Crippen LogP contribution >= 0.6 is 0 Å². The molecule has 0 aliphatic heterocycles. The fraction of sp³-hybridized carbons (Fsp3) is 0.917. The van der Waals surface area contributed by atoms with Gasteiger partial charge in [-0.15, -0.1) is 0 Å². The molecule has 1 amide bonds. The van der Waals surface area contributed by atoms with Gasteiger partial charge in [0.25, 0.3) is 0 Å². The Balaban J connectivity index is 3.50. The minimum Gasteiger partial charge on any atom is -0.396 e. The number of nitrogens with one attached hydrogen (secondary N) is 1. The lowest BCUT2D eigenvalue weighted by Crippen LogP contribution is -2.41. The van der Waals surface area contributed by atoms with Crippen molar-refractivity contribution in [2.75, 3.05) is 26.9 Å². The molecule has 5 heteroatoms. The number of ether oxygens (including phenoxy) is 1. The summed E-state index contributed by atoms with van der Waals surface area (Å²) in [4.78, 5) is 11.5. The third-order valence-corrected chi connectivity index (χ3v) is 2.68. The van der Waals surface area contributed by atoms with Gasteiger partial charge in [0.2, 0.25) is 5.91 Å². The fourth-order valence-corrected chi connectivity index (χ4v) is 1.46. The lowest BCUT2D eigenvalue weighted by molar-refractivity contribution is -0.122. The van der Waals surface area contributed by atoms with Crippen molar-refractivity contribution in [3.63, 3.8) is 0 Å². The lowest BCUT2D eigenvalue weighted by Gasteiger charge is -2.12. The lowest BCUT2D eigenvalue weighted by atomic mass is 10.1. The first-order chi connectivity index (χ1) is 8.11. The zero-order chi connectivity index (χ0) is 13.1. The van der Waals surface area contributed by atoms with Crippen molar-refractivity contribution in [1.29, 1.82) is 0 Å². The minimum absolute atomic E-state index is 0.0993. The fourth-order valence-electron chi connectivity index (χ4n) is 1.46. The number of aliphatic hydroxyl groups is 1. The molecule has 0 fully saturated rings. The van der Waals surface area contributed by atoms with Gasteiger partial charge in [-0.2, -0.15) is 0 Å². The van der Waals surface area contributed by atoms with E-state index in [2.05, 4.69) is 5.32 Å². The Hall–Kier alpha value is -0.650. The summed E-state index contributed by atoms with van der Waals surface area (Å²) in [5, 5.41) is 11.6. The van der Waals surface area contributed by atoms with Crippen molar-refractivity contribution in [3.8, 4) is 0 Å². The van der Waals surface area contributed by atoms with Gasteiger partial charge in [0, 0.05) is 26.9 Å². The van der Waals surface area contributed by atoms with Crippen LogP contribution < -0.4 is 11.1 Å². The first kappa shape index (κ1) is 16.4. The topological polar surface area (TPSA) is 84.6 Å². The second-order valence-corrected chi connectivity index (χ2v) is 4.46. The van der Waals surface area contributed by atoms with Gasteiger partial charge in [0.15, 0.2) is 0 Å². The maximum Gasteiger partial charge on any atom is 0.236 e. The molecule has 2 atom stereocenters. The number of aliphatic hydroxyl groups excluding tert-OH is 1. The van der Waals surface area contributed by atoms with Gasteiger partial charge >= 0.3 is 0 Å². The molecule has 0 bridgehead atoms. The van der Waals surface area contributed by atoms with Gasteiger partial charge in [0.05, 0.1) is 6.04 Å².